The maximum absolute atomic E-state index is 12.1. The van der Waals surface area contributed by atoms with Crippen LogP contribution in [0.25, 0.3) is 0 Å². The first kappa shape index (κ1) is 20.2. The van der Waals surface area contributed by atoms with Crippen LogP contribution in [0.2, 0.25) is 0 Å². The highest BCUT2D eigenvalue weighted by molar-refractivity contribution is 7.81. The highest BCUT2D eigenvalue weighted by atomic mass is 32.1. The van der Waals surface area contributed by atoms with E-state index in [2.05, 4.69) is 25.8 Å². The van der Waals surface area contributed by atoms with Crippen LogP contribution in [0.15, 0.2) is 37.0 Å². The molecule has 0 aliphatic carbocycles. The van der Waals surface area contributed by atoms with E-state index in [0.29, 0.717) is 13.1 Å². The molecule has 1 aliphatic rings. The van der Waals surface area contributed by atoms with Gasteiger partial charge in [0, 0.05) is 25.4 Å². The Kier molecular flexibility index (Phi) is 8.46. The van der Waals surface area contributed by atoms with Gasteiger partial charge in [-0.2, -0.15) is 12.6 Å². The lowest BCUT2D eigenvalue weighted by Crippen LogP contribution is -2.36. The summed E-state index contributed by atoms with van der Waals surface area (Å²) >= 11 is 4.47. The van der Waals surface area contributed by atoms with Crippen LogP contribution >= 0.6 is 12.6 Å². The number of rotatable bonds is 7. The van der Waals surface area contributed by atoms with E-state index in [9.17, 15) is 9.59 Å². The standard InChI is InChI=1S/C17H26N2O4S/c1-5-7-22-16(20)18(4)11-13(3)9-14-10-15(24)12-19(14)17(21)23-8-6-2/h5-6,9,14-15,24H,1-2,7-8,10-12H2,3-4H3. The van der Waals surface area contributed by atoms with Crippen molar-refractivity contribution in [2.24, 2.45) is 0 Å². The van der Waals surface area contributed by atoms with Gasteiger partial charge in [-0.1, -0.05) is 37.0 Å². The lowest BCUT2D eigenvalue weighted by molar-refractivity contribution is 0.113. The molecule has 0 aromatic heterocycles. The number of carbonyl (C=O) groups excluding carboxylic acids is 2. The second-order valence-electron chi connectivity index (χ2n) is 5.71. The summed E-state index contributed by atoms with van der Waals surface area (Å²) in [6.07, 6.45) is 4.98. The van der Waals surface area contributed by atoms with Crippen LogP contribution in [0, 0.1) is 0 Å². The van der Waals surface area contributed by atoms with E-state index in [1.165, 1.54) is 17.1 Å². The molecule has 24 heavy (non-hydrogen) atoms. The van der Waals surface area contributed by atoms with Crippen LogP contribution in [-0.2, 0) is 9.47 Å². The molecule has 6 nitrogen and oxygen atoms in total. The average Bonchev–Trinajstić information content (AvgIpc) is 2.90. The molecule has 1 saturated heterocycles. The predicted molar refractivity (Wildman–Crippen MR) is 97.4 cm³/mol. The van der Waals surface area contributed by atoms with Crippen molar-refractivity contribution in [2.75, 3.05) is 33.4 Å². The Balaban J connectivity index is 2.66. The van der Waals surface area contributed by atoms with E-state index in [4.69, 9.17) is 9.47 Å². The van der Waals surface area contributed by atoms with Crippen molar-refractivity contribution in [1.82, 2.24) is 9.80 Å². The summed E-state index contributed by atoms with van der Waals surface area (Å²) in [5.41, 5.74) is 0.960. The van der Waals surface area contributed by atoms with Crippen molar-refractivity contribution >= 4 is 24.8 Å². The molecular weight excluding hydrogens is 328 g/mol. The minimum Gasteiger partial charge on any atom is -0.445 e. The normalized spacial score (nSPS) is 20.5. The Morgan fingerprint density at radius 2 is 1.92 bits per heavy atom. The Morgan fingerprint density at radius 3 is 2.54 bits per heavy atom. The van der Waals surface area contributed by atoms with Gasteiger partial charge in [0.15, 0.2) is 0 Å². The number of hydrogen-bond donors (Lipinski definition) is 1. The number of likely N-dealkylation sites (tertiary alicyclic amines) is 1. The van der Waals surface area contributed by atoms with Crippen molar-refractivity contribution in [1.29, 1.82) is 0 Å². The zero-order chi connectivity index (χ0) is 18.1. The molecule has 1 aliphatic heterocycles. The van der Waals surface area contributed by atoms with E-state index >= 15 is 0 Å². The van der Waals surface area contributed by atoms with E-state index in [1.54, 1.807) is 11.9 Å². The number of ether oxygens (including phenoxy) is 2. The number of nitrogens with zero attached hydrogens (tertiary/aromatic N) is 2. The number of amides is 2. The first-order chi connectivity index (χ1) is 11.4. The topological polar surface area (TPSA) is 59.1 Å². The molecule has 2 unspecified atom stereocenters. The summed E-state index contributed by atoms with van der Waals surface area (Å²) < 4.78 is 10.1. The molecule has 2 amide bonds. The Morgan fingerprint density at radius 1 is 1.29 bits per heavy atom. The van der Waals surface area contributed by atoms with E-state index in [1.807, 2.05) is 13.0 Å². The van der Waals surface area contributed by atoms with Crippen LogP contribution < -0.4 is 0 Å². The molecule has 1 heterocycles. The fraction of sp³-hybridized carbons (Fsp3) is 0.529. The molecule has 0 spiro atoms. The third-order valence-corrected chi connectivity index (χ3v) is 3.85. The van der Waals surface area contributed by atoms with Crippen LogP contribution in [0.5, 0.6) is 0 Å². The van der Waals surface area contributed by atoms with Crippen LogP contribution in [0.1, 0.15) is 13.3 Å². The number of thiol groups is 1. The summed E-state index contributed by atoms with van der Waals surface area (Å²) in [6.45, 7) is 10.3. The van der Waals surface area contributed by atoms with Gasteiger partial charge in [0.05, 0.1) is 6.04 Å². The van der Waals surface area contributed by atoms with E-state index in [-0.39, 0.29) is 30.6 Å². The summed E-state index contributed by atoms with van der Waals surface area (Å²) in [6, 6.07) is -0.0950. The highest BCUT2D eigenvalue weighted by Crippen LogP contribution is 2.24. The molecule has 7 heteroatoms. The second-order valence-corrected chi connectivity index (χ2v) is 6.44. The molecular formula is C17H26N2O4S. The smallest absolute Gasteiger partial charge is 0.410 e. The van der Waals surface area contributed by atoms with Gasteiger partial charge in [0.1, 0.15) is 13.2 Å². The lowest BCUT2D eigenvalue weighted by atomic mass is 10.1. The molecule has 1 fully saturated rings. The monoisotopic (exact) mass is 354 g/mol. The molecule has 0 N–H and O–H groups in total. The minimum atomic E-state index is -0.414. The van der Waals surface area contributed by atoms with Gasteiger partial charge in [0.25, 0.3) is 0 Å². The first-order valence-electron chi connectivity index (χ1n) is 7.77. The van der Waals surface area contributed by atoms with Gasteiger partial charge in [-0.3, -0.25) is 0 Å². The molecule has 2 atom stereocenters. The Labute approximate surface area is 149 Å². The van der Waals surface area contributed by atoms with Gasteiger partial charge in [0.2, 0.25) is 0 Å². The van der Waals surface area contributed by atoms with Gasteiger partial charge in [-0.25, -0.2) is 9.59 Å². The molecule has 134 valence electrons. The SMILES string of the molecule is C=CCOC(=O)N(C)CC(C)=CC1CC(S)CN1C(=O)OCC=C. The van der Waals surface area contributed by atoms with E-state index in [0.717, 1.165) is 12.0 Å². The number of hydrogen-bond acceptors (Lipinski definition) is 5. The molecule has 0 aromatic carbocycles. The van der Waals surface area contributed by atoms with Crippen molar-refractivity contribution < 1.29 is 19.1 Å². The van der Waals surface area contributed by atoms with Crippen LogP contribution in [-0.4, -0.2) is 66.6 Å². The maximum Gasteiger partial charge on any atom is 0.410 e. The summed E-state index contributed by atoms with van der Waals surface area (Å²) in [7, 11) is 1.66. The zero-order valence-corrected chi connectivity index (χ0v) is 15.2. The maximum atomic E-state index is 12.1. The molecule has 0 aromatic rings. The van der Waals surface area contributed by atoms with Gasteiger partial charge < -0.3 is 19.3 Å². The summed E-state index contributed by atoms with van der Waals surface area (Å²) in [5.74, 6) is 0. The van der Waals surface area contributed by atoms with E-state index < -0.39 is 6.09 Å². The predicted octanol–water partition coefficient (Wildman–Crippen LogP) is 2.88. The Bertz CT molecular complexity index is 507. The zero-order valence-electron chi connectivity index (χ0n) is 14.3. The summed E-state index contributed by atoms with van der Waals surface area (Å²) in [4.78, 5) is 27.0. The fourth-order valence-corrected chi connectivity index (χ4v) is 2.88. The highest BCUT2D eigenvalue weighted by Gasteiger charge is 2.33. The largest absolute Gasteiger partial charge is 0.445 e. The van der Waals surface area contributed by atoms with Crippen LogP contribution in [0.4, 0.5) is 9.59 Å². The molecule has 0 bridgehead atoms. The number of carbonyl (C=O) groups is 2. The van der Waals surface area contributed by atoms with Crippen molar-refractivity contribution in [3.05, 3.63) is 37.0 Å². The van der Waals surface area contributed by atoms with Crippen molar-refractivity contribution in [3.63, 3.8) is 0 Å². The molecule has 1 rings (SSSR count). The molecule has 0 radical (unpaired) electrons. The third-order valence-electron chi connectivity index (χ3n) is 3.48. The third kappa shape index (κ3) is 6.31. The fourth-order valence-electron chi connectivity index (χ4n) is 2.48. The van der Waals surface area contributed by atoms with Crippen molar-refractivity contribution in [3.8, 4) is 0 Å². The quantitative estimate of drug-likeness (QED) is 0.564. The van der Waals surface area contributed by atoms with Crippen LogP contribution in [0.3, 0.4) is 0 Å². The Hall–Kier alpha value is -1.89. The van der Waals surface area contributed by atoms with Gasteiger partial charge in [-0.15, -0.1) is 0 Å². The first-order valence-corrected chi connectivity index (χ1v) is 8.29. The number of likely N-dealkylation sites (N-methyl/N-ethyl adjacent to an activating group) is 1. The lowest BCUT2D eigenvalue weighted by Gasteiger charge is -2.23. The molecule has 0 saturated carbocycles. The minimum absolute atomic E-state index is 0.0950. The average molecular weight is 354 g/mol. The van der Waals surface area contributed by atoms with Crippen molar-refractivity contribution in [2.45, 2.75) is 24.6 Å². The van der Waals surface area contributed by atoms with Gasteiger partial charge >= 0.3 is 12.2 Å². The second kappa shape index (κ2) is 10.1. The summed E-state index contributed by atoms with van der Waals surface area (Å²) in [5, 5.41) is 0.102. The van der Waals surface area contributed by atoms with Gasteiger partial charge in [-0.05, 0) is 13.3 Å².